The molecule has 24 heavy (non-hydrogen) atoms. The van der Waals surface area contributed by atoms with Crippen LogP contribution in [-0.2, 0) is 25.7 Å². The van der Waals surface area contributed by atoms with Crippen LogP contribution in [0.4, 0.5) is 13.2 Å². The van der Waals surface area contributed by atoms with Gasteiger partial charge in [-0.25, -0.2) is 0 Å². The number of H-pyrrole nitrogens is 1. The Morgan fingerprint density at radius 1 is 1.12 bits per heavy atom. The normalized spacial score (nSPS) is 15.2. The lowest BCUT2D eigenvalue weighted by Gasteiger charge is -2.29. The maximum atomic E-state index is 12.6. The molecule has 2 heterocycles. The first-order chi connectivity index (χ1) is 11.4. The fourth-order valence-corrected chi connectivity index (χ4v) is 2.91. The van der Waals surface area contributed by atoms with E-state index in [1.54, 1.807) is 14.2 Å². The van der Waals surface area contributed by atoms with Crippen molar-refractivity contribution in [3.8, 4) is 11.5 Å². The average molecular weight is 341 g/mol. The van der Waals surface area contributed by atoms with Crippen molar-refractivity contribution in [3.63, 3.8) is 0 Å². The molecule has 5 nitrogen and oxygen atoms in total. The first-order valence-electron chi connectivity index (χ1n) is 7.48. The first-order valence-corrected chi connectivity index (χ1v) is 7.48. The summed E-state index contributed by atoms with van der Waals surface area (Å²) in [5, 5.41) is 5.80. The third-order valence-corrected chi connectivity index (χ3v) is 4.11. The Hall–Kier alpha value is -2.22. The molecule has 130 valence electrons. The van der Waals surface area contributed by atoms with Crippen LogP contribution in [0.5, 0.6) is 11.5 Å². The van der Waals surface area contributed by atoms with Crippen molar-refractivity contribution >= 4 is 0 Å². The number of methoxy groups -OCH3 is 2. The van der Waals surface area contributed by atoms with E-state index in [0.29, 0.717) is 30.3 Å². The van der Waals surface area contributed by atoms with Crippen LogP contribution in [0.25, 0.3) is 0 Å². The number of benzene rings is 1. The SMILES string of the molecule is COc1cc2c(cc1OC)CN(Cc1cc(C(F)(F)F)n[nH]1)CC2. The minimum Gasteiger partial charge on any atom is -0.493 e. The van der Waals surface area contributed by atoms with Gasteiger partial charge in [0.25, 0.3) is 0 Å². The standard InChI is InChI=1S/C16H18F3N3O2/c1-23-13-5-10-3-4-22(8-11(10)6-14(13)24-2)9-12-7-15(21-20-12)16(17,18)19/h5-7H,3-4,8-9H2,1-2H3,(H,20,21). The van der Waals surface area contributed by atoms with Gasteiger partial charge in [-0.15, -0.1) is 0 Å². The predicted molar refractivity (Wildman–Crippen MR) is 81.0 cm³/mol. The molecule has 0 saturated heterocycles. The molecule has 1 aromatic carbocycles. The molecule has 0 saturated carbocycles. The Kier molecular flexibility index (Phi) is 4.40. The molecule has 1 aliphatic heterocycles. The first kappa shape index (κ1) is 16.6. The highest BCUT2D eigenvalue weighted by Crippen LogP contribution is 2.33. The van der Waals surface area contributed by atoms with Crippen LogP contribution < -0.4 is 9.47 Å². The van der Waals surface area contributed by atoms with Gasteiger partial charge in [-0.1, -0.05) is 0 Å². The number of ether oxygens (including phenoxy) is 2. The van der Waals surface area contributed by atoms with Gasteiger partial charge in [0.15, 0.2) is 17.2 Å². The zero-order valence-corrected chi connectivity index (χ0v) is 13.4. The third-order valence-electron chi connectivity index (χ3n) is 4.11. The zero-order chi connectivity index (χ0) is 17.3. The van der Waals surface area contributed by atoms with Gasteiger partial charge in [-0.05, 0) is 35.7 Å². The van der Waals surface area contributed by atoms with Crippen LogP contribution in [0, 0.1) is 0 Å². The molecule has 0 fully saturated rings. The van der Waals surface area contributed by atoms with Crippen molar-refractivity contribution in [1.29, 1.82) is 0 Å². The van der Waals surface area contributed by atoms with Crippen molar-refractivity contribution < 1.29 is 22.6 Å². The van der Waals surface area contributed by atoms with Gasteiger partial charge in [-0.3, -0.25) is 10.00 Å². The number of aromatic nitrogens is 2. The van der Waals surface area contributed by atoms with Crippen LogP contribution in [0.1, 0.15) is 22.5 Å². The minimum absolute atomic E-state index is 0.386. The number of hydrogen-bond donors (Lipinski definition) is 1. The molecule has 1 aromatic heterocycles. The number of aromatic amines is 1. The van der Waals surface area contributed by atoms with Gasteiger partial charge in [0.05, 0.1) is 14.2 Å². The quantitative estimate of drug-likeness (QED) is 0.929. The summed E-state index contributed by atoms with van der Waals surface area (Å²) in [5.41, 5.74) is 1.83. The molecule has 0 unspecified atom stereocenters. The van der Waals surface area contributed by atoms with Crippen LogP contribution in [-0.4, -0.2) is 35.9 Å². The summed E-state index contributed by atoms with van der Waals surface area (Å²) < 4.78 is 48.4. The molecule has 0 atom stereocenters. The number of alkyl halides is 3. The molecule has 3 rings (SSSR count). The lowest BCUT2D eigenvalue weighted by Crippen LogP contribution is -2.30. The van der Waals surface area contributed by atoms with Gasteiger partial charge in [0.2, 0.25) is 0 Å². The van der Waals surface area contributed by atoms with E-state index in [1.165, 1.54) is 5.56 Å². The highest BCUT2D eigenvalue weighted by atomic mass is 19.4. The Morgan fingerprint density at radius 2 is 1.79 bits per heavy atom. The lowest BCUT2D eigenvalue weighted by atomic mass is 9.98. The number of fused-ring (bicyclic) bond motifs is 1. The van der Waals surface area contributed by atoms with Crippen molar-refractivity contribution in [2.45, 2.75) is 25.7 Å². The smallest absolute Gasteiger partial charge is 0.435 e. The van der Waals surface area contributed by atoms with Gasteiger partial charge in [0, 0.05) is 25.3 Å². The maximum Gasteiger partial charge on any atom is 0.435 e. The minimum atomic E-state index is -4.42. The average Bonchev–Trinajstić information content (AvgIpc) is 3.02. The summed E-state index contributed by atoms with van der Waals surface area (Å²) in [6.45, 7) is 1.77. The number of hydrogen-bond acceptors (Lipinski definition) is 4. The molecular formula is C16H18F3N3O2. The zero-order valence-electron chi connectivity index (χ0n) is 13.4. The summed E-state index contributed by atoms with van der Waals surface area (Å²) in [7, 11) is 3.17. The van der Waals surface area contributed by atoms with Crippen molar-refractivity contribution in [2.75, 3.05) is 20.8 Å². The molecule has 1 N–H and O–H groups in total. The van der Waals surface area contributed by atoms with Gasteiger partial charge >= 0.3 is 6.18 Å². The summed E-state index contributed by atoms with van der Waals surface area (Å²) in [6, 6.07) is 4.95. The predicted octanol–water partition coefficient (Wildman–Crippen LogP) is 3.00. The largest absolute Gasteiger partial charge is 0.493 e. The van der Waals surface area contributed by atoms with E-state index in [0.717, 1.165) is 24.6 Å². The van der Waals surface area contributed by atoms with Crippen LogP contribution >= 0.6 is 0 Å². The van der Waals surface area contributed by atoms with Crippen molar-refractivity contribution in [2.24, 2.45) is 0 Å². The maximum absolute atomic E-state index is 12.6. The fourth-order valence-electron chi connectivity index (χ4n) is 2.91. The fraction of sp³-hybridized carbons (Fsp3) is 0.438. The molecule has 0 amide bonds. The van der Waals surface area contributed by atoms with E-state index in [9.17, 15) is 13.2 Å². The van der Waals surface area contributed by atoms with E-state index < -0.39 is 11.9 Å². The summed E-state index contributed by atoms with van der Waals surface area (Å²) in [6.07, 6.45) is -3.62. The Labute approximate surface area is 137 Å². The van der Waals surface area contributed by atoms with Crippen molar-refractivity contribution in [1.82, 2.24) is 15.1 Å². The molecule has 2 aromatic rings. The molecule has 1 aliphatic rings. The number of rotatable bonds is 4. The summed E-state index contributed by atoms with van der Waals surface area (Å²) in [4.78, 5) is 2.07. The molecule has 0 radical (unpaired) electrons. The van der Waals surface area contributed by atoms with Gasteiger partial charge in [0.1, 0.15) is 0 Å². The second-order valence-electron chi connectivity index (χ2n) is 5.71. The summed E-state index contributed by atoms with van der Waals surface area (Å²) >= 11 is 0. The lowest BCUT2D eigenvalue weighted by molar-refractivity contribution is -0.141. The number of nitrogens with zero attached hydrogens (tertiary/aromatic N) is 2. The van der Waals surface area contributed by atoms with Crippen LogP contribution in [0.2, 0.25) is 0 Å². The van der Waals surface area contributed by atoms with Gasteiger partial charge in [-0.2, -0.15) is 18.3 Å². The van der Waals surface area contributed by atoms with E-state index in [2.05, 4.69) is 15.1 Å². The Morgan fingerprint density at radius 3 is 2.38 bits per heavy atom. The van der Waals surface area contributed by atoms with Crippen molar-refractivity contribution in [3.05, 3.63) is 40.7 Å². The van der Waals surface area contributed by atoms with Crippen LogP contribution in [0.3, 0.4) is 0 Å². The Bertz CT molecular complexity index is 728. The third kappa shape index (κ3) is 3.33. The number of nitrogens with one attached hydrogen (secondary N) is 1. The topological polar surface area (TPSA) is 50.4 Å². The monoisotopic (exact) mass is 341 g/mol. The molecule has 8 heteroatoms. The van der Waals surface area contributed by atoms with E-state index in [4.69, 9.17) is 9.47 Å². The summed E-state index contributed by atoms with van der Waals surface area (Å²) in [5.74, 6) is 1.34. The highest BCUT2D eigenvalue weighted by molar-refractivity contribution is 5.48. The molecule has 0 spiro atoms. The number of halogens is 3. The van der Waals surface area contributed by atoms with Gasteiger partial charge < -0.3 is 9.47 Å². The second kappa shape index (κ2) is 6.35. The highest BCUT2D eigenvalue weighted by Gasteiger charge is 2.34. The molecule has 0 aliphatic carbocycles. The molecular weight excluding hydrogens is 323 g/mol. The Balaban J connectivity index is 1.74. The molecule has 0 bridgehead atoms. The second-order valence-corrected chi connectivity index (χ2v) is 5.71. The van der Waals surface area contributed by atoms with E-state index in [1.807, 2.05) is 12.1 Å². The van der Waals surface area contributed by atoms with E-state index in [-0.39, 0.29) is 0 Å². The van der Waals surface area contributed by atoms with E-state index >= 15 is 0 Å². The van der Waals surface area contributed by atoms with Crippen LogP contribution in [0.15, 0.2) is 18.2 Å².